The van der Waals surface area contributed by atoms with Gasteiger partial charge in [0.15, 0.2) is 0 Å². The normalized spacial score (nSPS) is 11.5. The minimum Gasteiger partial charge on any atom is -0.475 e. The molecule has 0 unspecified atom stereocenters. The van der Waals surface area contributed by atoms with Crippen molar-refractivity contribution in [3.05, 3.63) is 59.7 Å². The molecule has 0 aliphatic rings. The van der Waals surface area contributed by atoms with Crippen LogP contribution in [0.1, 0.15) is 11.1 Å². The zero-order valence-electron chi connectivity index (χ0n) is 15.8. The first kappa shape index (κ1) is 27.9. The number of hydrogen-bond acceptors (Lipinski definition) is 5. The number of benzene rings is 2. The number of carboxylic acids is 1. The fraction of sp³-hybridized carbons (Fsp3) is 0.278. The highest BCUT2D eigenvalue weighted by Crippen LogP contribution is 2.27. The summed E-state index contributed by atoms with van der Waals surface area (Å²) in [5.74, 6) is -8.66. The quantitative estimate of drug-likeness (QED) is 0.352. The molecule has 0 atom stereocenters. The van der Waals surface area contributed by atoms with Crippen LogP contribution in [0.25, 0.3) is 0 Å². The lowest BCUT2D eigenvalue weighted by Gasteiger charge is -2.13. The first-order valence-corrected chi connectivity index (χ1v) is 8.24. The first-order chi connectivity index (χ1) is 14.1. The third-order valence-corrected chi connectivity index (χ3v) is 3.42. The van der Waals surface area contributed by atoms with Crippen LogP contribution in [0, 0.1) is 0 Å². The van der Waals surface area contributed by atoms with Gasteiger partial charge in [-0.25, -0.2) is 4.79 Å². The highest BCUT2D eigenvalue weighted by molar-refractivity contribution is 5.73. The van der Waals surface area contributed by atoms with Gasteiger partial charge in [0.2, 0.25) is 0 Å². The predicted molar refractivity (Wildman–Crippen MR) is 101 cm³/mol. The molecule has 0 aliphatic heterocycles. The summed E-state index contributed by atoms with van der Waals surface area (Å²) in [6.07, 6.45) is -5.08. The van der Waals surface area contributed by atoms with Crippen LogP contribution in [0.2, 0.25) is 0 Å². The Hall–Kier alpha value is -3.06. The van der Waals surface area contributed by atoms with Crippen molar-refractivity contribution in [1.82, 2.24) is 0 Å². The zero-order valence-corrected chi connectivity index (χ0v) is 15.8. The summed E-state index contributed by atoms with van der Waals surface area (Å²) in [6, 6.07) is 10.8. The highest BCUT2D eigenvalue weighted by atomic mass is 19.4. The lowest BCUT2D eigenvalue weighted by molar-refractivity contribution is -0.192. The maximum atomic E-state index is 12.9. The van der Waals surface area contributed by atoms with E-state index in [1.165, 1.54) is 48.5 Å². The van der Waals surface area contributed by atoms with E-state index < -0.39 is 37.1 Å². The molecule has 0 amide bonds. The Morgan fingerprint density at radius 1 is 0.677 bits per heavy atom. The minimum absolute atomic E-state index is 0.0980. The number of carboxylic acid groups (broad SMARTS) is 1. The summed E-state index contributed by atoms with van der Waals surface area (Å²) in [5, 5.41) is 7.12. The fourth-order valence-electron chi connectivity index (χ4n) is 1.69. The molecule has 0 saturated carbocycles. The number of alkyl halides is 7. The molecule has 0 spiro atoms. The minimum atomic E-state index is -5.08. The Bertz CT molecular complexity index is 754. The van der Waals surface area contributed by atoms with Crippen molar-refractivity contribution in [3.8, 4) is 0 Å². The van der Waals surface area contributed by atoms with Gasteiger partial charge >= 0.3 is 12.1 Å². The standard InChI is InChI=1S/2C8H10F2N2.C2HF3O2/c2*9-8(10,5-11)6-1-3-7(12)4-2-6;3-2(4,5)1(6)7/h2*1-4H,5,11-12H2;(H,6,7). The predicted octanol–water partition coefficient (Wildman–Crippen LogP) is 3.27. The van der Waals surface area contributed by atoms with Crippen molar-refractivity contribution in [2.24, 2.45) is 11.5 Å². The van der Waals surface area contributed by atoms with E-state index >= 15 is 0 Å². The maximum Gasteiger partial charge on any atom is 0.490 e. The Balaban J connectivity index is 0.000000454. The van der Waals surface area contributed by atoms with Gasteiger partial charge in [0.1, 0.15) is 0 Å². The van der Waals surface area contributed by atoms with Crippen molar-refractivity contribution < 1.29 is 40.6 Å². The molecule has 13 heteroatoms. The van der Waals surface area contributed by atoms with Gasteiger partial charge in [-0.3, -0.25) is 0 Å². The van der Waals surface area contributed by atoms with Crippen molar-refractivity contribution in [3.63, 3.8) is 0 Å². The van der Waals surface area contributed by atoms with Crippen LogP contribution in [0.15, 0.2) is 48.5 Å². The van der Waals surface area contributed by atoms with Gasteiger partial charge < -0.3 is 28.0 Å². The molecule has 0 bridgehead atoms. The summed E-state index contributed by atoms with van der Waals surface area (Å²) >= 11 is 0. The van der Waals surface area contributed by atoms with Gasteiger partial charge in [0.05, 0.1) is 13.1 Å². The van der Waals surface area contributed by atoms with Gasteiger partial charge in [0, 0.05) is 22.5 Å². The molecule has 174 valence electrons. The number of hydrogen-bond donors (Lipinski definition) is 5. The van der Waals surface area contributed by atoms with E-state index in [0.717, 1.165) is 0 Å². The van der Waals surface area contributed by atoms with Gasteiger partial charge in [-0.1, -0.05) is 24.3 Å². The summed E-state index contributed by atoms with van der Waals surface area (Å²) in [5.41, 5.74) is 21.2. The number of nitrogen functional groups attached to an aromatic ring is 2. The molecule has 2 aromatic carbocycles. The van der Waals surface area contributed by atoms with E-state index in [-0.39, 0.29) is 11.1 Å². The third kappa shape index (κ3) is 10.00. The van der Waals surface area contributed by atoms with E-state index in [9.17, 15) is 30.7 Å². The lowest BCUT2D eigenvalue weighted by Crippen LogP contribution is -2.24. The molecule has 0 saturated heterocycles. The monoisotopic (exact) mass is 458 g/mol. The number of rotatable bonds is 4. The molecule has 0 fully saturated rings. The van der Waals surface area contributed by atoms with Crippen LogP contribution in [0.3, 0.4) is 0 Å². The number of carbonyl (C=O) groups is 1. The van der Waals surface area contributed by atoms with Crippen molar-refractivity contribution >= 4 is 17.3 Å². The molecule has 31 heavy (non-hydrogen) atoms. The molecule has 0 heterocycles. The number of halogens is 7. The Labute approximate surface area is 172 Å². The molecule has 2 aromatic rings. The van der Waals surface area contributed by atoms with Crippen molar-refractivity contribution in [1.29, 1.82) is 0 Å². The van der Waals surface area contributed by atoms with Crippen LogP contribution in [-0.4, -0.2) is 30.3 Å². The summed E-state index contributed by atoms with van der Waals surface area (Å²) in [6.45, 7) is -1.37. The lowest BCUT2D eigenvalue weighted by atomic mass is 10.1. The van der Waals surface area contributed by atoms with Gasteiger partial charge in [-0.05, 0) is 24.3 Å². The molecule has 0 aliphatic carbocycles. The Morgan fingerprint density at radius 3 is 1.06 bits per heavy atom. The van der Waals surface area contributed by atoms with E-state index in [0.29, 0.717) is 11.4 Å². The van der Waals surface area contributed by atoms with Crippen LogP contribution < -0.4 is 22.9 Å². The number of aliphatic carboxylic acids is 1. The first-order valence-electron chi connectivity index (χ1n) is 8.24. The van der Waals surface area contributed by atoms with Crippen LogP contribution in [-0.2, 0) is 16.6 Å². The smallest absolute Gasteiger partial charge is 0.475 e. The third-order valence-electron chi connectivity index (χ3n) is 3.42. The second-order valence-corrected chi connectivity index (χ2v) is 5.86. The molecule has 0 aromatic heterocycles. The second kappa shape index (κ2) is 11.4. The van der Waals surface area contributed by atoms with Crippen molar-refractivity contribution in [2.75, 3.05) is 24.6 Å². The van der Waals surface area contributed by atoms with Crippen molar-refractivity contribution in [2.45, 2.75) is 18.0 Å². The second-order valence-electron chi connectivity index (χ2n) is 5.86. The van der Waals surface area contributed by atoms with E-state index in [2.05, 4.69) is 0 Å². The van der Waals surface area contributed by atoms with Crippen LogP contribution in [0.5, 0.6) is 0 Å². The molecular weight excluding hydrogens is 437 g/mol. The number of anilines is 2. The number of nitrogens with two attached hydrogens (primary N) is 4. The topological polar surface area (TPSA) is 141 Å². The molecule has 6 nitrogen and oxygen atoms in total. The van der Waals surface area contributed by atoms with E-state index in [4.69, 9.17) is 32.8 Å². The largest absolute Gasteiger partial charge is 0.490 e. The average Bonchev–Trinajstić information content (AvgIpc) is 2.69. The summed E-state index contributed by atoms with van der Waals surface area (Å²) < 4.78 is 83.1. The van der Waals surface area contributed by atoms with Gasteiger partial charge in [-0.2, -0.15) is 30.7 Å². The molecule has 9 N–H and O–H groups in total. The van der Waals surface area contributed by atoms with Crippen LogP contribution in [0.4, 0.5) is 42.1 Å². The van der Waals surface area contributed by atoms with E-state index in [1.807, 2.05) is 0 Å². The zero-order chi connectivity index (χ0) is 24.5. The molecule has 0 radical (unpaired) electrons. The highest BCUT2D eigenvalue weighted by Gasteiger charge is 2.38. The van der Waals surface area contributed by atoms with Gasteiger partial charge in [-0.15, -0.1) is 0 Å². The van der Waals surface area contributed by atoms with Gasteiger partial charge in [0.25, 0.3) is 11.8 Å². The van der Waals surface area contributed by atoms with E-state index in [1.54, 1.807) is 0 Å². The molecular formula is C18H21F7N4O2. The summed E-state index contributed by atoms with van der Waals surface area (Å²) in [4.78, 5) is 8.90. The Kier molecular flexibility index (Phi) is 10.2. The molecule has 2 rings (SSSR count). The SMILES string of the molecule is NCC(F)(F)c1ccc(N)cc1.NCC(F)(F)c1ccc(N)cc1.O=C(O)C(F)(F)F. The fourth-order valence-corrected chi connectivity index (χ4v) is 1.69. The maximum absolute atomic E-state index is 12.9. The average molecular weight is 458 g/mol. The Morgan fingerprint density at radius 2 is 0.903 bits per heavy atom. The summed E-state index contributed by atoms with van der Waals surface area (Å²) in [7, 11) is 0. The van der Waals surface area contributed by atoms with Crippen LogP contribution >= 0.6 is 0 Å².